The highest BCUT2D eigenvalue weighted by Gasteiger charge is 2.26. The molecule has 0 unspecified atom stereocenters. The van der Waals surface area contributed by atoms with Gasteiger partial charge >= 0.3 is 18.0 Å². The van der Waals surface area contributed by atoms with Gasteiger partial charge in [0, 0.05) is 4.88 Å². The van der Waals surface area contributed by atoms with E-state index in [2.05, 4.69) is 10.1 Å². The second-order valence-electron chi connectivity index (χ2n) is 5.53. The third-order valence-corrected chi connectivity index (χ3v) is 6.32. The number of carbonyl (C=O) groups is 3. The van der Waals surface area contributed by atoms with Crippen molar-refractivity contribution in [2.75, 3.05) is 19.5 Å². The van der Waals surface area contributed by atoms with Gasteiger partial charge in [-0.3, -0.25) is 5.32 Å². The second kappa shape index (κ2) is 8.40. The molecule has 0 saturated carbocycles. The minimum Gasteiger partial charge on any atom is -0.465 e. The molecule has 0 spiro atoms. The predicted molar refractivity (Wildman–Crippen MR) is 102 cm³/mol. The van der Waals surface area contributed by atoms with Gasteiger partial charge in [0.25, 0.3) is 10.0 Å². The predicted octanol–water partition coefficient (Wildman–Crippen LogP) is 2.45. The lowest BCUT2D eigenvalue weighted by Crippen LogP contribution is -2.35. The van der Waals surface area contributed by atoms with Crippen molar-refractivity contribution < 1.29 is 32.3 Å². The first-order chi connectivity index (χ1) is 13.1. The van der Waals surface area contributed by atoms with Crippen molar-refractivity contribution in [2.24, 2.45) is 0 Å². The Morgan fingerprint density at radius 1 is 1.00 bits per heavy atom. The van der Waals surface area contributed by atoms with E-state index in [1.807, 2.05) is 4.72 Å². The number of methoxy groups -OCH3 is 2. The van der Waals surface area contributed by atoms with E-state index in [0.717, 1.165) is 23.3 Å². The smallest absolute Gasteiger partial charge is 0.341 e. The fraction of sp³-hybridized carbons (Fsp3) is 0.235. The molecule has 0 atom stereocenters. The number of carbonyl (C=O) groups excluding carboxylic acids is 3. The van der Waals surface area contributed by atoms with Gasteiger partial charge in [-0.1, -0.05) is 12.1 Å². The van der Waals surface area contributed by atoms with Crippen molar-refractivity contribution in [2.45, 2.75) is 18.7 Å². The summed E-state index contributed by atoms with van der Waals surface area (Å²) in [4.78, 5) is 36.4. The number of hydrogen-bond acceptors (Lipinski definition) is 8. The lowest BCUT2D eigenvalue weighted by Gasteiger charge is -2.11. The van der Waals surface area contributed by atoms with Crippen LogP contribution in [-0.2, 0) is 19.5 Å². The van der Waals surface area contributed by atoms with Crippen LogP contribution in [-0.4, -0.2) is 40.6 Å². The number of thiophene rings is 1. The van der Waals surface area contributed by atoms with E-state index in [4.69, 9.17) is 4.74 Å². The Balaban J connectivity index is 2.31. The summed E-state index contributed by atoms with van der Waals surface area (Å²) in [5.74, 6) is -1.52. The van der Waals surface area contributed by atoms with Gasteiger partial charge in [0.15, 0.2) is 0 Å². The van der Waals surface area contributed by atoms with Crippen molar-refractivity contribution >= 4 is 44.3 Å². The van der Waals surface area contributed by atoms with Crippen LogP contribution < -0.4 is 10.0 Å². The molecule has 28 heavy (non-hydrogen) atoms. The zero-order valence-corrected chi connectivity index (χ0v) is 17.1. The summed E-state index contributed by atoms with van der Waals surface area (Å²) in [6, 6.07) is 4.21. The average molecular weight is 426 g/mol. The second-order valence-corrected chi connectivity index (χ2v) is 8.40. The van der Waals surface area contributed by atoms with Crippen LogP contribution in [0.2, 0.25) is 0 Å². The van der Waals surface area contributed by atoms with Crippen molar-refractivity contribution in [1.82, 2.24) is 4.72 Å². The summed E-state index contributed by atoms with van der Waals surface area (Å²) in [6.07, 6.45) is 0. The molecule has 2 N–H and O–H groups in total. The van der Waals surface area contributed by atoms with E-state index in [0.29, 0.717) is 5.56 Å². The molecule has 0 saturated heterocycles. The largest absolute Gasteiger partial charge is 0.465 e. The summed E-state index contributed by atoms with van der Waals surface area (Å²) in [5.41, 5.74) is 0.543. The summed E-state index contributed by atoms with van der Waals surface area (Å²) in [7, 11) is -2.07. The Kier molecular flexibility index (Phi) is 6.41. The van der Waals surface area contributed by atoms with Crippen LogP contribution in [0.4, 0.5) is 9.80 Å². The Labute approximate surface area is 165 Å². The van der Waals surface area contributed by atoms with Gasteiger partial charge in [-0.05, 0) is 31.5 Å². The van der Waals surface area contributed by atoms with Gasteiger partial charge in [0.2, 0.25) is 0 Å². The van der Waals surface area contributed by atoms with Gasteiger partial charge in [0.05, 0.1) is 25.3 Å². The number of esters is 2. The maximum atomic E-state index is 12.6. The van der Waals surface area contributed by atoms with E-state index < -0.39 is 32.9 Å². The van der Waals surface area contributed by atoms with Gasteiger partial charge in [-0.15, -0.1) is 11.3 Å². The molecule has 1 heterocycles. The van der Waals surface area contributed by atoms with Crippen molar-refractivity contribution in [3.63, 3.8) is 0 Å². The molecule has 0 fully saturated rings. The molecule has 11 heteroatoms. The molecular formula is C17H18N2O7S2. The summed E-state index contributed by atoms with van der Waals surface area (Å²) in [6.45, 7) is 3.43. The number of anilines is 1. The van der Waals surface area contributed by atoms with E-state index in [-0.39, 0.29) is 16.1 Å². The standard InChI is InChI=1S/C17H18N2O7S2/c1-9-10(2)27-14(13(9)16(21)26-4)18-17(22)19-28(23,24)12-8-6-5-7-11(12)15(20)25-3/h5-8H,1-4H3,(H2,18,19,22). The molecule has 0 bridgehead atoms. The molecule has 0 aliphatic carbocycles. The lowest BCUT2D eigenvalue weighted by molar-refractivity contribution is 0.0589. The highest BCUT2D eigenvalue weighted by Crippen LogP contribution is 2.33. The SMILES string of the molecule is COC(=O)c1ccccc1S(=O)(=O)NC(=O)Nc1sc(C)c(C)c1C(=O)OC. The van der Waals surface area contributed by atoms with Crippen LogP contribution in [0, 0.1) is 13.8 Å². The number of aryl methyl sites for hydroxylation is 1. The number of urea groups is 1. The van der Waals surface area contributed by atoms with Gasteiger partial charge in [-0.2, -0.15) is 0 Å². The van der Waals surface area contributed by atoms with Crippen LogP contribution in [0.15, 0.2) is 29.2 Å². The Morgan fingerprint density at radius 2 is 1.61 bits per heavy atom. The van der Waals surface area contributed by atoms with Crippen molar-refractivity contribution in [1.29, 1.82) is 0 Å². The molecule has 2 rings (SSSR count). The molecule has 2 aromatic rings. The number of amides is 2. The minimum absolute atomic E-state index is 0.146. The van der Waals surface area contributed by atoms with Crippen LogP contribution in [0.1, 0.15) is 31.2 Å². The summed E-state index contributed by atoms with van der Waals surface area (Å²) >= 11 is 1.10. The fourth-order valence-electron chi connectivity index (χ4n) is 2.35. The normalized spacial score (nSPS) is 10.9. The van der Waals surface area contributed by atoms with Crippen molar-refractivity contribution in [3.05, 3.63) is 45.8 Å². The van der Waals surface area contributed by atoms with Crippen molar-refractivity contribution in [3.8, 4) is 0 Å². The minimum atomic E-state index is -4.38. The highest BCUT2D eigenvalue weighted by molar-refractivity contribution is 7.90. The highest BCUT2D eigenvalue weighted by atomic mass is 32.2. The Morgan fingerprint density at radius 3 is 2.21 bits per heavy atom. The Bertz CT molecular complexity index is 1040. The van der Waals surface area contributed by atoms with Gasteiger partial charge in [0.1, 0.15) is 9.90 Å². The number of rotatable bonds is 5. The summed E-state index contributed by atoms with van der Waals surface area (Å²) < 4.78 is 36.2. The maximum Gasteiger partial charge on any atom is 0.341 e. The fourth-order valence-corrected chi connectivity index (χ4v) is 4.50. The molecule has 150 valence electrons. The molecule has 0 aliphatic heterocycles. The lowest BCUT2D eigenvalue weighted by atomic mass is 10.1. The average Bonchev–Trinajstić information content (AvgIpc) is 2.93. The maximum absolute atomic E-state index is 12.6. The third-order valence-electron chi connectivity index (χ3n) is 3.81. The molecule has 1 aromatic heterocycles. The van der Waals surface area contributed by atoms with E-state index >= 15 is 0 Å². The molecule has 0 aliphatic rings. The summed E-state index contributed by atoms with van der Waals surface area (Å²) in [5, 5.41) is 2.50. The molecule has 2 amide bonds. The van der Waals surface area contributed by atoms with E-state index in [1.54, 1.807) is 13.8 Å². The van der Waals surface area contributed by atoms with E-state index in [1.165, 1.54) is 31.4 Å². The zero-order chi connectivity index (χ0) is 21.1. The first kappa shape index (κ1) is 21.4. The first-order valence-electron chi connectivity index (χ1n) is 7.81. The van der Waals surface area contributed by atoms with Crippen LogP contribution in [0.5, 0.6) is 0 Å². The van der Waals surface area contributed by atoms with Gasteiger partial charge in [-0.25, -0.2) is 27.5 Å². The molecule has 0 radical (unpaired) electrons. The number of benzene rings is 1. The number of hydrogen-bond donors (Lipinski definition) is 2. The Hall–Kier alpha value is -2.92. The van der Waals surface area contributed by atoms with Gasteiger partial charge < -0.3 is 9.47 Å². The topological polar surface area (TPSA) is 128 Å². The molecule has 1 aromatic carbocycles. The number of nitrogens with one attached hydrogen (secondary N) is 2. The van der Waals surface area contributed by atoms with Crippen LogP contribution >= 0.6 is 11.3 Å². The third kappa shape index (κ3) is 4.31. The number of ether oxygens (including phenoxy) is 2. The molecule has 9 nitrogen and oxygen atoms in total. The first-order valence-corrected chi connectivity index (χ1v) is 10.1. The van der Waals surface area contributed by atoms with Crippen LogP contribution in [0.3, 0.4) is 0 Å². The van der Waals surface area contributed by atoms with E-state index in [9.17, 15) is 22.8 Å². The molecular weight excluding hydrogens is 408 g/mol. The van der Waals surface area contributed by atoms with Crippen LogP contribution in [0.25, 0.3) is 0 Å². The zero-order valence-electron chi connectivity index (χ0n) is 15.5. The monoisotopic (exact) mass is 426 g/mol. The number of sulfonamides is 1. The quantitative estimate of drug-likeness (QED) is 0.703.